The molecule has 0 aliphatic carbocycles. The number of phosphoric ester groups is 1. The standard InChI is InChI=1S/C20H28N3O16P/c1-10(2)35-18(25)30-8-33-40(29,34-9-31-19(26)36-11(3)4)32-7-12-14-15(39-20(27)38-14)16(37-12)23-6-5-13(22-28)21-17(23)24/h5-6,10-12,14-16,28H,7-9H2,1-4H3,(H,21,22,24)/t12-,14-,15-,16-/m1/s1. The van der Waals surface area contributed by atoms with Gasteiger partial charge in [-0.2, -0.15) is 4.98 Å². The molecule has 0 amide bonds. The zero-order valence-corrected chi connectivity index (χ0v) is 22.5. The number of carbonyl (C=O) groups excluding carboxylic acids is 3. The number of phosphoric acid groups is 1. The van der Waals surface area contributed by atoms with E-state index in [1.165, 1.54) is 12.3 Å². The van der Waals surface area contributed by atoms with Crippen molar-refractivity contribution in [2.75, 3.05) is 25.7 Å². The van der Waals surface area contributed by atoms with E-state index >= 15 is 0 Å². The molecule has 4 atom stereocenters. The summed E-state index contributed by atoms with van der Waals surface area (Å²) in [6.45, 7) is 3.71. The number of nitrogens with one attached hydrogen (secondary N) is 1. The molecule has 3 heterocycles. The van der Waals surface area contributed by atoms with E-state index in [1.807, 2.05) is 0 Å². The van der Waals surface area contributed by atoms with Crippen molar-refractivity contribution < 1.29 is 70.9 Å². The van der Waals surface area contributed by atoms with E-state index in [2.05, 4.69) is 14.5 Å². The van der Waals surface area contributed by atoms with Crippen LogP contribution in [0.15, 0.2) is 17.1 Å². The number of nitrogens with zero attached hydrogens (tertiary/aromatic N) is 2. The normalized spacial score (nSPS) is 21.9. The van der Waals surface area contributed by atoms with E-state index in [0.717, 1.165) is 4.57 Å². The molecule has 2 aliphatic rings. The summed E-state index contributed by atoms with van der Waals surface area (Å²) < 4.78 is 64.1. The number of fused-ring (bicyclic) bond motifs is 1. The fraction of sp³-hybridized carbons (Fsp3) is 0.650. The average molecular weight is 597 g/mol. The van der Waals surface area contributed by atoms with Crippen molar-refractivity contribution in [3.63, 3.8) is 0 Å². The first-order valence-corrected chi connectivity index (χ1v) is 13.1. The van der Waals surface area contributed by atoms with Crippen LogP contribution in [0.5, 0.6) is 0 Å². The third kappa shape index (κ3) is 8.51. The monoisotopic (exact) mass is 597 g/mol. The van der Waals surface area contributed by atoms with E-state index in [4.69, 9.17) is 42.5 Å². The molecule has 0 radical (unpaired) electrons. The molecule has 0 bridgehead atoms. The summed E-state index contributed by atoms with van der Waals surface area (Å²) in [6.07, 6.45) is -7.87. The van der Waals surface area contributed by atoms with Crippen molar-refractivity contribution in [1.29, 1.82) is 0 Å². The van der Waals surface area contributed by atoms with Crippen molar-refractivity contribution in [1.82, 2.24) is 9.55 Å². The summed E-state index contributed by atoms with van der Waals surface area (Å²) in [6, 6.07) is 1.24. The number of anilines is 1. The first kappa shape index (κ1) is 31.1. The molecule has 1 aromatic rings. The molecule has 2 saturated heterocycles. The van der Waals surface area contributed by atoms with E-state index in [0.29, 0.717) is 0 Å². The van der Waals surface area contributed by atoms with E-state index in [9.17, 15) is 23.7 Å². The van der Waals surface area contributed by atoms with Crippen LogP contribution in [-0.2, 0) is 51.3 Å². The van der Waals surface area contributed by atoms with E-state index < -0.39 is 88.9 Å². The van der Waals surface area contributed by atoms with Crippen LogP contribution in [0.1, 0.15) is 33.9 Å². The van der Waals surface area contributed by atoms with Crippen LogP contribution in [0.3, 0.4) is 0 Å². The van der Waals surface area contributed by atoms with Crippen molar-refractivity contribution in [2.45, 2.75) is 64.4 Å². The Morgan fingerprint density at radius 1 is 1.02 bits per heavy atom. The topological polar surface area (TPSA) is 228 Å². The molecule has 2 N–H and O–H groups in total. The van der Waals surface area contributed by atoms with E-state index in [-0.39, 0.29) is 5.82 Å². The summed E-state index contributed by atoms with van der Waals surface area (Å²) in [7, 11) is -4.66. The second-order valence-electron chi connectivity index (χ2n) is 8.45. The lowest BCUT2D eigenvalue weighted by atomic mass is 10.1. The second-order valence-corrected chi connectivity index (χ2v) is 10.1. The number of hydrogen-bond donors (Lipinski definition) is 2. The van der Waals surface area contributed by atoms with Crippen LogP contribution >= 0.6 is 7.82 Å². The third-order valence-corrected chi connectivity index (χ3v) is 6.11. The predicted octanol–water partition coefficient (Wildman–Crippen LogP) is 2.04. The van der Waals surface area contributed by atoms with Gasteiger partial charge < -0.3 is 33.2 Å². The second kappa shape index (κ2) is 13.7. The average Bonchev–Trinajstić information content (AvgIpc) is 3.39. The zero-order chi connectivity index (χ0) is 29.4. The Labute approximate surface area is 226 Å². The third-order valence-electron chi connectivity index (χ3n) is 4.80. The maximum absolute atomic E-state index is 13.2. The maximum Gasteiger partial charge on any atom is 0.510 e. The summed E-state index contributed by atoms with van der Waals surface area (Å²) in [5.41, 5.74) is 0.843. The molecule has 3 rings (SSSR count). The quantitative estimate of drug-likeness (QED) is 0.109. The van der Waals surface area contributed by atoms with Gasteiger partial charge in [-0.3, -0.25) is 19.8 Å². The molecular formula is C20H28N3O16P. The van der Waals surface area contributed by atoms with Gasteiger partial charge in [0.2, 0.25) is 13.6 Å². The zero-order valence-electron chi connectivity index (χ0n) is 21.7. The Morgan fingerprint density at radius 2 is 1.60 bits per heavy atom. The largest absolute Gasteiger partial charge is 0.510 e. The molecular weight excluding hydrogens is 569 g/mol. The van der Waals surface area contributed by atoms with Crippen LogP contribution < -0.4 is 11.2 Å². The summed E-state index contributed by atoms with van der Waals surface area (Å²) in [5, 5.41) is 8.93. The number of rotatable bonds is 13. The molecule has 0 saturated carbocycles. The van der Waals surface area contributed by atoms with Crippen LogP contribution in [-0.4, -0.2) is 83.9 Å². The highest BCUT2D eigenvalue weighted by Crippen LogP contribution is 2.50. The Morgan fingerprint density at radius 3 is 2.12 bits per heavy atom. The van der Waals surface area contributed by atoms with Crippen LogP contribution in [0.4, 0.5) is 20.2 Å². The van der Waals surface area contributed by atoms with Gasteiger partial charge in [0, 0.05) is 6.20 Å². The fourth-order valence-electron chi connectivity index (χ4n) is 3.26. The van der Waals surface area contributed by atoms with E-state index in [1.54, 1.807) is 33.2 Å². The molecule has 0 unspecified atom stereocenters. The molecule has 0 spiro atoms. The number of ether oxygens (including phenoxy) is 7. The molecule has 2 fully saturated rings. The van der Waals surface area contributed by atoms with Crippen molar-refractivity contribution >= 4 is 32.1 Å². The molecule has 0 aromatic carbocycles. The maximum atomic E-state index is 13.2. The summed E-state index contributed by atoms with van der Waals surface area (Å²) in [5.74, 6) is -0.149. The molecule has 1 aromatic heterocycles. The molecule has 40 heavy (non-hydrogen) atoms. The van der Waals surface area contributed by atoms with Gasteiger partial charge in [0.05, 0.1) is 18.8 Å². The lowest BCUT2D eigenvalue weighted by molar-refractivity contribution is -0.0815. The Kier molecular flexibility index (Phi) is 10.7. The van der Waals surface area contributed by atoms with Crippen molar-refractivity contribution in [3.8, 4) is 0 Å². The van der Waals surface area contributed by atoms with Gasteiger partial charge in [-0.25, -0.2) is 32.8 Å². The van der Waals surface area contributed by atoms with Gasteiger partial charge in [-0.05, 0) is 33.8 Å². The first-order chi connectivity index (χ1) is 18.9. The minimum Gasteiger partial charge on any atom is -0.432 e. The van der Waals surface area contributed by atoms with Crippen molar-refractivity contribution in [3.05, 3.63) is 22.7 Å². The van der Waals surface area contributed by atoms with Gasteiger partial charge >= 0.3 is 32.0 Å². The van der Waals surface area contributed by atoms with Gasteiger partial charge in [-0.1, -0.05) is 0 Å². The first-order valence-electron chi connectivity index (χ1n) is 11.6. The van der Waals surface area contributed by atoms with Gasteiger partial charge in [0.1, 0.15) is 6.10 Å². The lowest BCUT2D eigenvalue weighted by Crippen LogP contribution is -2.34. The van der Waals surface area contributed by atoms with Gasteiger partial charge in [0.25, 0.3) is 0 Å². The van der Waals surface area contributed by atoms with Crippen molar-refractivity contribution in [2.24, 2.45) is 0 Å². The summed E-state index contributed by atoms with van der Waals surface area (Å²) >= 11 is 0. The minimum atomic E-state index is -4.66. The Hall–Kier alpha value is -3.48. The number of carbonyl (C=O) groups is 3. The highest BCUT2D eigenvalue weighted by atomic mass is 31.2. The SMILES string of the molecule is CC(C)OC(=O)OCOP(=O)(OCOC(=O)OC(C)C)OC[C@H]1O[C@@H](n2ccc(NO)nc2=O)[C@@H]2OC(=O)O[C@@H]21. The summed E-state index contributed by atoms with van der Waals surface area (Å²) in [4.78, 5) is 51.0. The highest BCUT2D eigenvalue weighted by molar-refractivity contribution is 7.48. The highest BCUT2D eigenvalue weighted by Gasteiger charge is 2.56. The lowest BCUT2D eigenvalue weighted by Gasteiger charge is -2.21. The predicted molar refractivity (Wildman–Crippen MR) is 124 cm³/mol. The molecule has 2 aliphatic heterocycles. The number of aromatic nitrogens is 2. The number of hydrogen-bond acceptors (Lipinski definition) is 18. The van der Waals surface area contributed by atoms with Gasteiger partial charge in [-0.15, -0.1) is 0 Å². The Bertz CT molecular complexity index is 1130. The van der Waals surface area contributed by atoms with Crippen LogP contribution in [0.2, 0.25) is 0 Å². The molecule has 19 nitrogen and oxygen atoms in total. The van der Waals surface area contributed by atoms with Crippen LogP contribution in [0, 0.1) is 0 Å². The smallest absolute Gasteiger partial charge is 0.432 e. The van der Waals surface area contributed by atoms with Gasteiger partial charge in [0.15, 0.2) is 24.3 Å². The minimum absolute atomic E-state index is 0.149. The fourth-order valence-corrected chi connectivity index (χ4v) is 4.18. The molecule has 20 heteroatoms. The Balaban J connectivity index is 1.68. The molecule has 224 valence electrons. The van der Waals surface area contributed by atoms with Crippen LogP contribution in [0.25, 0.3) is 0 Å².